The number of anilines is 1. The molecule has 1 heterocycles. The quantitative estimate of drug-likeness (QED) is 0.910. The number of nitrogens with one attached hydrogen (secondary N) is 1. The van der Waals surface area contributed by atoms with Crippen molar-refractivity contribution in [3.63, 3.8) is 0 Å². The molecule has 0 aromatic heterocycles. The zero-order valence-electron chi connectivity index (χ0n) is 12.2. The van der Waals surface area contributed by atoms with Crippen molar-refractivity contribution < 1.29 is 24.2 Å². The monoisotopic (exact) mass is 313 g/mol. The summed E-state index contributed by atoms with van der Waals surface area (Å²) in [5, 5.41) is 11.8. The van der Waals surface area contributed by atoms with E-state index < -0.39 is 11.9 Å². The average molecular weight is 313 g/mol. The number of ether oxygens (including phenoxy) is 2. The molecule has 2 aromatic rings. The predicted molar refractivity (Wildman–Crippen MR) is 83.4 cm³/mol. The summed E-state index contributed by atoms with van der Waals surface area (Å²) < 4.78 is 11.1. The minimum atomic E-state index is -1.10. The molecule has 1 amide bonds. The maximum atomic E-state index is 12.4. The number of carbonyl (C=O) groups is 2. The molecule has 2 aromatic carbocycles. The van der Waals surface area contributed by atoms with Gasteiger partial charge in [-0.3, -0.25) is 4.79 Å². The number of aromatic carboxylic acids is 1. The fraction of sp³-hybridized carbons (Fsp3) is 0.176. The third-order valence-corrected chi connectivity index (χ3v) is 3.42. The van der Waals surface area contributed by atoms with Crippen molar-refractivity contribution in [2.75, 3.05) is 18.5 Å². The standard InChI is InChI=1S/C17H15NO5/c19-16(18-13-5-2-1-4-12(13)17(20)21)11-6-7-14-15(10-11)23-9-3-8-22-14/h1-2,4-7,10H,3,8-9H2,(H,18,19)(H,20,21). The molecule has 0 spiro atoms. The number of benzene rings is 2. The topological polar surface area (TPSA) is 84.9 Å². The van der Waals surface area contributed by atoms with E-state index in [9.17, 15) is 9.59 Å². The van der Waals surface area contributed by atoms with Crippen LogP contribution in [0.4, 0.5) is 5.69 Å². The van der Waals surface area contributed by atoms with Crippen molar-refractivity contribution in [3.05, 3.63) is 53.6 Å². The maximum absolute atomic E-state index is 12.4. The Labute approximate surface area is 132 Å². The Balaban J connectivity index is 1.84. The van der Waals surface area contributed by atoms with Crippen LogP contribution < -0.4 is 14.8 Å². The molecule has 3 rings (SSSR count). The normalized spacial score (nSPS) is 13.0. The number of carbonyl (C=O) groups excluding carboxylic acids is 1. The number of rotatable bonds is 3. The molecule has 6 nitrogen and oxygen atoms in total. The first kappa shape index (κ1) is 14.9. The van der Waals surface area contributed by atoms with Gasteiger partial charge >= 0.3 is 5.97 Å². The Morgan fingerprint density at radius 3 is 2.52 bits per heavy atom. The third kappa shape index (κ3) is 3.26. The van der Waals surface area contributed by atoms with Gasteiger partial charge in [0.05, 0.1) is 24.5 Å². The van der Waals surface area contributed by atoms with Crippen LogP contribution in [0.3, 0.4) is 0 Å². The van der Waals surface area contributed by atoms with Gasteiger partial charge < -0.3 is 19.9 Å². The molecule has 23 heavy (non-hydrogen) atoms. The van der Waals surface area contributed by atoms with E-state index in [4.69, 9.17) is 14.6 Å². The molecule has 0 atom stereocenters. The SMILES string of the molecule is O=C(Nc1ccccc1C(=O)O)c1ccc2c(c1)OCCCO2. The summed E-state index contributed by atoms with van der Waals surface area (Å²) in [6.07, 6.45) is 0.780. The van der Waals surface area contributed by atoms with Gasteiger partial charge in [-0.05, 0) is 30.3 Å². The van der Waals surface area contributed by atoms with Crippen molar-refractivity contribution in [2.24, 2.45) is 0 Å². The molecule has 0 bridgehead atoms. The van der Waals surface area contributed by atoms with E-state index in [2.05, 4.69) is 5.32 Å². The summed E-state index contributed by atoms with van der Waals surface area (Å²) in [4.78, 5) is 23.5. The fourth-order valence-electron chi connectivity index (χ4n) is 2.28. The second-order valence-corrected chi connectivity index (χ2v) is 5.02. The van der Waals surface area contributed by atoms with Gasteiger partial charge in [0.1, 0.15) is 0 Å². The van der Waals surface area contributed by atoms with E-state index in [1.165, 1.54) is 6.07 Å². The van der Waals surface area contributed by atoms with Crippen LogP contribution in [0.5, 0.6) is 11.5 Å². The zero-order valence-corrected chi connectivity index (χ0v) is 12.2. The van der Waals surface area contributed by atoms with Crippen LogP contribution in [0.2, 0.25) is 0 Å². The molecule has 6 heteroatoms. The van der Waals surface area contributed by atoms with Gasteiger partial charge in [-0.15, -0.1) is 0 Å². The van der Waals surface area contributed by atoms with Gasteiger partial charge in [-0.25, -0.2) is 4.79 Å². The van der Waals surface area contributed by atoms with Crippen molar-refractivity contribution in [1.82, 2.24) is 0 Å². The highest BCUT2D eigenvalue weighted by atomic mass is 16.5. The highest BCUT2D eigenvalue weighted by molar-refractivity contribution is 6.08. The summed E-state index contributed by atoms with van der Waals surface area (Å²) in [5.41, 5.74) is 0.654. The van der Waals surface area contributed by atoms with Crippen LogP contribution in [0.15, 0.2) is 42.5 Å². The minimum Gasteiger partial charge on any atom is -0.490 e. The Morgan fingerprint density at radius 1 is 1.00 bits per heavy atom. The summed E-state index contributed by atoms with van der Waals surface area (Å²) in [7, 11) is 0. The molecule has 0 aliphatic carbocycles. The number of amides is 1. The lowest BCUT2D eigenvalue weighted by molar-refractivity contribution is 0.0698. The minimum absolute atomic E-state index is 0.0372. The molecular formula is C17H15NO5. The summed E-state index contributed by atoms with van der Waals surface area (Å²) in [6, 6.07) is 11.1. The first-order chi connectivity index (χ1) is 11.1. The summed E-state index contributed by atoms with van der Waals surface area (Å²) in [5.74, 6) is -0.388. The van der Waals surface area contributed by atoms with E-state index in [1.807, 2.05) is 0 Å². The molecule has 0 unspecified atom stereocenters. The number of fused-ring (bicyclic) bond motifs is 1. The molecule has 0 fully saturated rings. The van der Waals surface area contributed by atoms with Gasteiger partial charge in [-0.2, -0.15) is 0 Å². The second-order valence-electron chi connectivity index (χ2n) is 5.02. The molecule has 0 radical (unpaired) electrons. The van der Waals surface area contributed by atoms with E-state index in [1.54, 1.807) is 36.4 Å². The van der Waals surface area contributed by atoms with Crippen LogP contribution in [0.1, 0.15) is 27.1 Å². The van der Waals surface area contributed by atoms with Gasteiger partial charge in [0.2, 0.25) is 0 Å². The van der Waals surface area contributed by atoms with Gasteiger partial charge in [0, 0.05) is 12.0 Å². The highest BCUT2D eigenvalue weighted by Gasteiger charge is 2.16. The van der Waals surface area contributed by atoms with Gasteiger partial charge in [0.25, 0.3) is 5.91 Å². The van der Waals surface area contributed by atoms with E-state index in [0.29, 0.717) is 30.3 Å². The third-order valence-electron chi connectivity index (χ3n) is 3.42. The van der Waals surface area contributed by atoms with Crippen molar-refractivity contribution in [2.45, 2.75) is 6.42 Å². The largest absolute Gasteiger partial charge is 0.490 e. The number of carboxylic acids is 1. The lowest BCUT2D eigenvalue weighted by Gasteiger charge is -2.11. The molecule has 0 saturated carbocycles. The Hall–Kier alpha value is -3.02. The number of hydrogen-bond acceptors (Lipinski definition) is 4. The summed E-state index contributed by atoms with van der Waals surface area (Å²) in [6.45, 7) is 1.10. The number of hydrogen-bond donors (Lipinski definition) is 2. The predicted octanol–water partition coefficient (Wildman–Crippen LogP) is 2.80. The summed E-state index contributed by atoms with van der Waals surface area (Å²) >= 11 is 0. The van der Waals surface area contributed by atoms with Crippen LogP contribution >= 0.6 is 0 Å². The lowest BCUT2D eigenvalue weighted by atomic mass is 10.1. The number of carboxylic acid groups (broad SMARTS) is 1. The maximum Gasteiger partial charge on any atom is 0.337 e. The lowest BCUT2D eigenvalue weighted by Crippen LogP contribution is -2.15. The average Bonchev–Trinajstić information content (AvgIpc) is 2.79. The van der Waals surface area contributed by atoms with E-state index in [-0.39, 0.29) is 11.3 Å². The van der Waals surface area contributed by atoms with Crippen LogP contribution in [0, 0.1) is 0 Å². The van der Waals surface area contributed by atoms with Crippen molar-refractivity contribution >= 4 is 17.6 Å². The molecule has 2 N–H and O–H groups in total. The van der Waals surface area contributed by atoms with Crippen molar-refractivity contribution in [1.29, 1.82) is 0 Å². The van der Waals surface area contributed by atoms with Crippen LogP contribution in [-0.4, -0.2) is 30.2 Å². The molecule has 1 aliphatic rings. The smallest absolute Gasteiger partial charge is 0.337 e. The van der Waals surface area contributed by atoms with E-state index >= 15 is 0 Å². The van der Waals surface area contributed by atoms with Crippen molar-refractivity contribution in [3.8, 4) is 11.5 Å². The number of para-hydroxylation sites is 1. The molecular weight excluding hydrogens is 298 g/mol. The fourth-order valence-corrected chi connectivity index (χ4v) is 2.28. The van der Waals surface area contributed by atoms with Crippen LogP contribution in [-0.2, 0) is 0 Å². The molecule has 118 valence electrons. The Morgan fingerprint density at radius 2 is 1.74 bits per heavy atom. The molecule has 1 aliphatic heterocycles. The van der Waals surface area contributed by atoms with Gasteiger partial charge in [0.15, 0.2) is 11.5 Å². The second kappa shape index (κ2) is 6.39. The zero-order chi connectivity index (χ0) is 16.2. The Bertz CT molecular complexity index is 756. The van der Waals surface area contributed by atoms with Crippen LogP contribution in [0.25, 0.3) is 0 Å². The Kier molecular flexibility index (Phi) is 4.14. The molecule has 0 saturated heterocycles. The first-order valence-corrected chi connectivity index (χ1v) is 7.18. The first-order valence-electron chi connectivity index (χ1n) is 7.18. The highest BCUT2D eigenvalue weighted by Crippen LogP contribution is 2.30. The van der Waals surface area contributed by atoms with E-state index in [0.717, 1.165) is 6.42 Å². The van der Waals surface area contributed by atoms with Gasteiger partial charge in [-0.1, -0.05) is 12.1 Å².